The summed E-state index contributed by atoms with van der Waals surface area (Å²) in [4.78, 5) is 26.3. The van der Waals surface area contributed by atoms with E-state index in [0.29, 0.717) is 23.3 Å². The molecular weight excluding hydrogens is 739 g/mol. The molecule has 0 amide bonds. The minimum Gasteiger partial charge on any atom is -0.456 e. The van der Waals surface area contributed by atoms with Crippen molar-refractivity contribution in [3.05, 3.63) is 164 Å². The monoisotopic (exact) mass is 765 g/mol. The van der Waals surface area contributed by atoms with Gasteiger partial charge in [0.15, 0.2) is 23.3 Å². The van der Waals surface area contributed by atoms with Crippen LogP contribution in [0.15, 0.2) is 168 Å². The first-order chi connectivity index (χ1) is 28.2. The third-order valence-electron chi connectivity index (χ3n) is 10.6. The molecule has 0 radical (unpaired) electrons. The molecule has 0 saturated heterocycles. The molecule has 0 atom stereocenters. The average Bonchev–Trinajstić information content (AvgIpc) is 3.98. The van der Waals surface area contributed by atoms with Gasteiger partial charge in [-0.15, -0.1) is 22.7 Å². The summed E-state index contributed by atoms with van der Waals surface area (Å²) in [6.45, 7) is 0. The fourth-order valence-corrected chi connectivity index (χ4v) is 10.4. The molecule has 266 valence electrons. The fraction of sp³-hybridized carbons (Fsp3) is 0. The smallest absolute Gasteiger partial charge is 0.165 e. The number of hydrogen-bond acceptors (Lipinski definition) is 8. The van der Waals surface area contributed by atoms with Gasteiger partial charge >= 0.3 is 0 Å². The van der Waals surface area contributed by atoms with E-state index in [2.05, 4.69) is 103 Å². The molecule has 5 aromatic heterocycles. The Morgan fingerprint density at radius 2 is 0.860 bits per heavy atom. The lowest BCUT2D eigenvalue weighted by Crippen LogP contribution is -2.00. The topological polar surface area (TPSA) is 77.6 Å². The second kappa shape index (κ2) is 12.7. The first-order valence-electron chi connectivity index (χ1n) is 18.7. The summed E-state index contributed by atoms with van der Waals surface area (Å²) >= 11 is 3.49. The predicted molar refractivity (Wildman–Crippen MR) is 236 cm³/mol. The van der Waals surface area contributed by atoms with E-state index in [1.54, 1.807) is 22.7 Å². The van der Waals surface area contributed by atoms with Crippen molar-refractivity contribution >= 4 is 85.1 Å². The van der Waals surface area contributed by atoms with E-state index in [-0.39, 0.29) is 0 Å². The van der Waals surface area contributed by atoms with Crippen molar-refractivity contribution in [3.8, 4) is 56.8 Å². The van der Waals surface area contributed by atoms with Gasteiger partial charge in [-0.2, -0.15) is 0 Å². The highest BCUT2D eigenvalue weighted by Gasteiger charge is 2.23. The van der Waals surface area contributed by atoms with Crippen LogP contribution in [0.2, 0.25) is 0 Å². The number of hydrogen-bond donors (Lipinski definition) is 0. The Kier molecular flexibility index (Phi) is 7.17. The molecule has 0 aliphatic carbocycles. The lowest BCUT2D eigenvalue weighted by atomic mass is 10.0. The fourth-order valence-electron chi connectivity index (χ4n) is 8.00. The van der Waals surface area contributed by atoms with Crippen molar-refractivity contribution in [2.45, 2.75) is 0 Å². The van der Waals surface area contributed by atoms with Crippen LogP contribution in [-0.2, 0) is 0 Å². The third kappa shape index (κ3) is 5.12. The first kappa shape index (κ1) is 32.1. The zero-order chi connectivity index (χ0) is 37.5. The van der Waals surface area contributed by atoms with E-state index in [9.17, 15) is 0 Å². The van der Waals surface area contributed by atoms with Crippen LogP contribution in [0, 0.1) is 0 Å². The van der Waals surface area contributed by atoms with Gasteiger partial charge in [-0.25, -0.2) is 24.9 Å². The van der Waals surface area contributed by atoms with E-state index in [0.717, 1.165) is 75.8 Å². The molecule has 0 spiro atoms. The highest BCUT2D eigenvalue weighted by atomic mass is 32.1. The molecule has 0 bridgehead atoms. The second-order valence-corrected chi connectivity index (χ2v) is 16.1. The summed E-state index contributed by atoms with van der Waals surface area (Å²) in [6, 6.07) is 56.1. The highest BCUT2D eigenvalue weighted by Crippen LogP contribution is 2.44. The van der Waals surface area contributed by atoms with Crippen molar-refractivity contribution in [1.29, 1.82) is 0 Å². The molecule has 57 heavy (non-hydrogen) atoms. The van der Waals surface area contributed by atoms with E-state index in [1.807, 2.05) is 60.7 Å². The van der Waals surface area contributed by atoms with Gasteiger partial charge in [0, 0.05) is 68.8 Å². The standard InChI is InChI=1S/C49H27N5OS2/c1-3-14-28(15-4-1)42-45-43(32-19-8-10-27-39(32)57-45)51-47(50-42)33-21-12-24-36-40(33)41-34(22-13-25-37(41)55-36)48-52-46(29-16-5-2-6-17-29)53-49(54-48)35-23-11-20-31-30-18-7-9-26-38(30)56-44(31)35/h1-27H. The first-order valence-corrected chi connectivity index (χ1v) is 20.3. The van der Waals surface area contributed by atoms with Gasteiger partial charge in [-0.05, 0) is 30.3 Å². The van der Waals surface area contributed by atoms with Crippen molar-refractivity contribution in [3.63, 3.8) is 0 Å². The molecule has 0 aliphatic rings. The van der Waals surface area contributed by atoms with Gasteiger partial charge in [-0.3, -0.25) is 0 Å². The van der Waals surface area contributed by atoms with Crippen LogP contribution in [0.4, 0.5) is 0 Å². The van der Waals surface area contributed by atoms with E-state index < -0.39 is 0 Å². The van der Waals surface area contributed by atoms with Gasteiger partial charge in [0.2, 0.25) is 0 Å². The van der Waals surface area contributed by atoms with Crippen molar-refractivity contribution in [1.82, 2.24) is 24.9 Å². The van der Waals surface area contributed by atoms with Gasteiger partial charge in [0.05, 0.1) is 15.9 Å². The quantitative estimate of drug-likeness (QED) is 0.174. The number of fused-ring (bicyclic) bond motifs is 9. The molecular formula is C49H27N5OS2. The average molecular weight is 766 g/mol. The zero-order valence-corrected chi connectivity index (χ0v) is 31.7. The Labute approximate surface area is 333 Å². The summed E-state index contributed by atoms with van der Waals surface area (Å²) in [7, 11) is 0. The Morgan fingerprint density at radius 1 is 0.351 bits per heavy atom. The molecule has 7 aromatic carbocycles. The molecule has 12 aromatic rings. The van der Waals surface area contributed by atoms with Gasteiger partial charge in [-0.1, -0.05) is 133 Å². The normalized spacial score (nSPS) is 11.9. The number of furan rings is 1. The largest absolute Gasteiger partial charge is 0.456 e. The molecule has 0 fully saturated rings. The van der Waals surface area contributed by atoms with Gasteiger partial charge < -0.3 is 4.42 Å². The maximum Gasteiger partial charge on any atom is 0.165 e. The third-order valence-corrected chi connectivity index (χ3v) is 13.0. The molecule has 12 rings (SSSR count). The van der Waals surface area contributed by atoms with Crippen molar-refractivity contribution in [2.24, 2.45) is 0 Å². The van der Waals surface area contributed by atoms with Crippen LogP contribution in [0.25, 0.3) is 119 Å². The number of nitrogens with zero attached hydrogens (tertiary/aromatic N) is 5. The molecule has 8 heteroatoms. The SMILES string of the molecule is c1ccc(-c2nc(-c3cccc4c3sc3ccccc34)nc(-c3cccc4oc5cccc(-c6nc(-c7ccccc7)c7sc8ccccc8c7n6)c5c34)n2)cc1. The van der Waals surface area contributed by atoms with E-state index in [1.165, 1.54) is 20.2 Å². The minimum absolute atomic E-state index is 0.560. The predicted octanol–water partition coefficient (Wildman–Crippen LogP) is 13.6. The number of rotatable bonds is 5. The summed E-state index contributed by atoms with van der Waals surface area (Å²) in [5, 5.41) is 5.35. The number of benzene rings is 7. The molecule has 0 saturated carbocycles. The van der Waals surface area contributed by atoms with Crippen LogP contribution in [-0.4, -0.2) is 24.9 Å². The Morgan fingerprint density at radius 3 is 1.58 bits per heavy atom. The van der Waals surface area contributed by atoms with E-state index in [4.69, 9.17) is 29.3 Å². The number of aromatic nitrogens is 5. The summed E-state index contributed by atoms with van der Waals surface area (Å²) in [6.07, 6.45) is 0. The maximum absolute atomic E-state index is 6.63. The molecule has 0 N–H and O–H groups in total. The van der Waals surface area contributed by atoms with Crippen molar-refractivity contribution in [2.75, 3.05) is 0 Å². The van der Waals surface area contributed by atoms with Crippen LogP contribution in [0.1, 0.15) is 0 Å². The minimum atomic E-state index is 0.560. The molecule has 0 unspecified atom stereocenters. The lowest BCUT2D eigenvalue weighted by molar-refractivity contribution is 0.669. The Bertz CT molecular complexity index is 3540. The zero-order valence-electron chi connectivity index (χ0n) is 30.0. The van der Waals surface area contributed by atoms with Crippen molar-refractivity contribution < 1.29 is 4.42 Å². The Balaban J connectivity index is 1.13. The molecule has 0 aliphatic heterocycles. The van der Waals surface area contributed by atoms with Crippen LogP contribution >= 0.6 is 22.7 Å². The highest BCUT2D eigenvalue weighted by molar-refractivity contribution is 7.26. The Hall–Kier alpha value is -7.13. The maximum atomic E-state index is 6.63. The summed E-state index contributed by atoms with van der Waals surface area (Å²) < 4.78 is 11.2. The van der Waals surface area contributed by atoms with E-state index >= 15 is 0 Å². The van der Waals surface area contributed by atoms with Gasteiger partial charge in [0.1, 0.15) is 11.2 Å². The van der Waals surface area contributed by atoms with Crippen LogP contribution < -0.4 is 0 Å². The summed E-state index contributed by atoms with van der Waals surface area (Å²) in [5.74, 6) is 2.41. The number of thiophene rings is 2. The lowest BCUT2D eigenvalue weighted by Gasteiger charge is -2.11. The van der Waals surface area contributed by atoms with Gasteiger partial charge in [0.25, 0.3) is 0 Å². The molecule has 5 heterocycles. The van der Waals surface area contributed by atoms with Crippen LogP contribution in [0.5, 0.6) is 0 Å². The summed E-state index contributed by atoms with van der Waals surface area (Å²) in [5.41, 5.74) is 7.96. The second-order valence-electron chi connectivity index (χ2n) is 14.0. The van der Waals surface area contributed by atoms with Crippen LogP contribution in [0.3, 0.4) is 0 Å². The molecule has 6 nitrogen and oxygen atoms in total.